The van der Waals surface area contributed by atoms with E-state index in [2.05, 4.69) is 44.8 Å². The van der Waals surface area contributed by atoms with Crippen molar-refractivity contribution < 1.29 is 9.13 Å². The van der Waals surface area contributed by atoms with Crippen molar-refractivity contribution in [2.75, 3.05) is 44.8 Å². The van der Waals surface area contributed by atoms with Crippen LogP contribution in [0.5, 0.6) is 0 Å². The lowest BCUT2D eigenvalue weighted by Gasteiger charge is -2.30. The summed E-state index contributed by atoms with van der Waals surface area (Å²) in [7, 11) is 1.74. The van der Waals surface area contributed by atoms with Gasteiger partial charge in [-0.15, -0.1) is 24.0 Å². The van der Waals surface area contributed by atoms with Gasteiger partial charge in [0.05, 0.1) is 13.2 Å². The summed E-state index contributed by atoms with van der Waals surface area (Å²) in [6.45, 7) is 4.64. The van der Waals surface area contributed by atoms with E-state index in [1.165, 1.54) is 17.3 Å². The lowest BCUT2D eigenvalue weighted by Crippen LogP contribution is -2.39. The van der Waals surface area contributed by atoms with Crippen molar-refractivity contribution in [3.8, 4) is 0 Å². The Morgan fingerprint density at radius 1 is 1.04 bits per heavy atom. The first-order valence-corrected chi connectivity index (χ1v) is 9.36. The molecule has 2 N–H and O–H groups in total. The molecule has 0 aromatic heterocycles. The highest BCUT2D eigenvalue weighted by molar-refractivity contribution is 14.0. The van der Waals surface area contributed by atoms with Crippen molar-refractivity contribution >= 4 is 35.6 Å². The van der Waals surface area contributed by atoms with Crippen LogP contribution in [-0.2, 0) is 17.7 Å². The maximum absolute atomic E-state index is 13.7. The highest BCUT2D eigenvalue weighted by atomic mass is 127. The van der Waals surface area contributed by atoms with Gasteiger partial charge in [-0.25, -0.2) is 4.39 Å². The number of nitrogens with zero attached hydrogens (tertiary/aromatic N) is 2. The number of ether oxygens (including phenoxy) is 1. The zero-order valence-electron chi connectivity index (χ0n) is 16.2. The lowest BCUT2D eigenvalue weighted by molar-refractivity contribution is 0.122. The summed E-state index contributed by atoms with van der Waals surface area (Å²) in [5.74, 6) is 0.546. The maximum atomic E-state index is 13.7. The molecule has 5 nitrogen and oxygen atoms in total. The van der Waals surface area contributed by atoms with Crippen LogP contribution in [0.25, 0.3) is 0 Å². The number of aliphatic imine (C=N–C) groups is 1. The number of benzene rings is 2. The second-order valence-electron chi connectivity index (χ2n) is 6.42. The van der Waals surface area contributed by atoms with Gasteiger partial charge in [-0.2, -0.15) is 0 Å². The van der Waals surface area contributed by atoms with Gasteiger partial charge in [0.2, 0.25) is 0 Å². The standard InChI is InChI=1S/C21H27FN4O.HI/c1-23-21(24-11-10-17-6-2-4-8-19(17)22)25-16-18-7-3-5-9-20(18)26-12-14-27-15-13-26;/h2-9H,10-16H2,1H3,(H2,23,24,25);1H. The van der Waals surface area contributed by atoms with Gasteiger partial charge in [0, 0.05) is 38.9 Å². The molecule has 152 valence electrons. The van der Waals surface area contributed by atoms with Gasteiger partial charge in [-0.1, -0.05) is 36.4 Å². The predicted octanol–water partition coefficient (Wildman–Crippen LogP) is 3.19. The Kier molecular flexibility index (Phi) is 9.49. The molecule has 0 bridgehead atoms. The van der Waals surface area contributed by atoms with Crippen LogP contribution in [0.15, 0.2) is 53.5 Å². The number of rotatable bonds is 6. The fraction of sp³-hybridized carbons (Fsp3) is 0.381. The molecule has 0 radical (unpaired) electrons. The Balaban J connectivity index is 0.00000280. The van der Waals surface area contributed by atoms with E-state index in [4.69, 9.17) is 4.74 Å². The van der Waals surface area contributed by atoms with Crippen molar-refractivity contribution in [1.29, 1.82) is 0 Å². The van der Waals surface area contributed by atoms with Gasteiger partial charge >= 0.3 is 0 Å². The van der Waals surface area contributed by atoms with Crippen LogP contribution in [0.4, 0.5) is 10.1 Å². The number of morpholine rings is 1. The first-order valence-electron chi connectivity index (χ1n) is 9.36. The molecular formula is C21H28FIN4O. The minimum absolute atomic E-state index is 0. The third-order valence-electron chi connectivity index (χ3n) is 4.66. The largest absolute Gasteiger partial charge is 0.378 e. The lowest BCUT2D eigenvalue weighted by atomic mass is 10.1. The van der Waals surface area contributed by atoms with E-state index in [9.17, 15) is 4.39 Å². The Bertz CT molecular complexity index is 766. The Morgan fingerprint density at radius 3 is 2.43 bits per heavy atom. The molecule has 0 saturated carbocycles. The van der Waals surface area contributed by atoms with Gasteiger partial charge in [0.25, 0.3) is 0 Å². The number of guanidine groups is 1. The Hall–Kier alpha value is -1.87. The SMILES string of the molecule is CN=C(NCCc1ccccc1F)NCc1ccccc1N1CCOCC1.I. The smallest absolute Gasteiger partial charge is 0.191 e. The van der Waals surface area contributed by atoms with E-state index in [0.717, 1.165) is 26.3 Å². The molecule has 0 aliphatic carbocycles. The van der Waals surface area contributed by atoms with E-state index in [-0.39, 0.29) is 29.8 Å². The molecule has 1 heterocycles. The van der Waals surface area contributed by atoms with Crippen LogP contribution in [-0.4, -0.2) is 45.9 Å². The van der Waals surface area contributed by atoms with Gasteiger partial charge in [-0.3, -0.25) is 4.99 Å². The summed E-state index contributed by atoms with van der Waals surface area (Å²) in [5.41, 5.74) is 3.16. The fourth-order valence-electron chi connectivity index (χ4n) is 3.19. The monoisotopic (exact) mass is 498 g/mol. The normalized spacial score (nSPS) is 14.4. The molecule has 0 spiro atoms. The third kappa shape index (κ3) is 6.34. The number of anilines is 1. The molecule has 7 heteroatoms. The molecule has 1 aliphatic rings. The van der Waals surface area contributed by atoms with Crippen molar-refractivity contribution in [3.05, 3.63) is 65.5 Å². The number of halogens is 2. The van der Waals surface area contributed by atoms with Gasteiger partial charge in [0.1, 0.15) is 5.82 Å². The molecular weight excluding hydrogens is 470 g/mol. The highest BCUT2D eigenvalue weighted by Crippen LogP contribution is 2.21. The van der Waals surface area contributed by atoms with Gasteiger partial charge < -0.3 is 20.3 Å². The quantitative estimate of drug-likeness (QED) is 0.365. The van der Waals surface area contributed by atoms with Crippen molar-refractivity contribution in [2.24, 2.45) is 4.99 Å². The van der Waals surface area contributed by atoms with Crippen LogP contribution in [0.2, 0.25) is 0 Å². The number of para-hydroxylation sites is 1. The number of nitrogens with one attached hydrogen (secondary N) is 2. The Labute approximate surface area is 183 Å². The number of hydrogen-bond donors (Lipinski definition) is 2. The molecule has 0 atom stereocenters. The van der Waals surface area contributed by atoms with E-state index < -0.39 is 0 Å². The summed E-state index contributed by atoms with van der Waals surface area (Å²) < 4.78 is 19.2. The van der Waals surface area contributed by atoms with Crippen LogP contribution in [0.1, 0.15) is 11.1 Å². The molecule has 1 aliphatic heterocycles. The summed E-state index contributed by atoms with van der Waals surface area (Å²) in [6.07, 6.45) is 0.609. The molecule has 0 unspecified atom stereocenters. The molecule has 2 aromatic carbocycles. The first-order chi connectivity index (χ1) is 13.3. The van der Waals surface area contributed by atoms with Crippen molar-refractivity contribution in [2.45, 2.75) is 13.0 Å². The predicted molar refractivity (Wildman–Crippen MR) is 123 cm³/mol. The molecule has 0 amide bonds. The number of hydrogen-bond acceptors (Lipinski definition) is 3. The van der Waals surface area contributed by atoms with Crippen LogP contribution in [0.3, 0.4) is 0 Å². The van der Waals surface area contributed by atoms with E-state index >= 15 is 0 Å². The van der Waals surface area contributed by atoms with Crippen LogP contribution in [0, 0.1) is 5.82 Å². The van der Waals surface area contributed by atoms with Crippen LogP contribution < -0.4 is 15.5 Å². The average Bonchev–Trinajstić information content (AvgIpc) is 2.72. The second-order valence-corrected chi connectivity index (χ2v) is 6.42. The zero-order valence-corrected chi connectivity index (χ0v) is 18.5. The molecule has 28 heavy (non-hydrogen) atoms. The van der Waals surface area contributed by atoms with Gasteiger partial charge in [-0.05, 0) is 29.7 Å². The first kappa shape index (κ1) is 22.4. The summed E-state index contributed by atoms with van der Waals surface area (Å²) >= 11 is 0. The van der Waals surface area contributed by atoms with Gasteiger partial charge in [0.15, 0.2) is 5.96 Å². The fourth-order valence-corrected chi connectivity index (χ4v) is 3.19. The molecule has 2 aromatic rings. The van der Waals surface area contributed by atoms with E-state index in [0.29, 0.717) is 31.0 Å². The van der Waals surface area contributed by atoms with E-state index in [1.807, 2.05) is 12.1 Å². The van der Waals surface area contributed by atoms with Crippen molar-refractivity contribution in [3.63, 3.8) is 0 Å². The second kappa shape index (κ2) is 11.9. The zero-order chi connectivity index (χ0) is 18.9. The summed E-state index contributed by atoms with van der Waals surface area (Å²) in [6, 6.07) is 15.3. The summed E-state index contributed by atoms with van der Waals surface area (Å²) in [4.78, 5) is 6.62. The third-order valence-corrected chi connectivity index (χ3v) is 4.66. The topological polar surface area (TPSA) is 48.9 Å². The maximum Gasteiger partial charge on any atom is 0.191 e. The minimum atomic E-state index is -0.165. The highest BCUT2D eigenvalue weighted by Gasteiger charge is 2.14. The van der Waals surface area contributed by atoms with E-state index in [1.54, 1.807) is 13.1 Å². The Morgan fingerprint density at radius 2 is 1.71 bits per heavy atom. The van der Waals surface area contributed by atoms with Crippen molar-refractivity contribution in [1.82, 2.24) is 10.6 Å². The molecule has 1 fully saturated rings. The summed E-state index contributed by atoms with van der Waals surface area (Å²) in [5, 5.41) is 6.61. The van der Waals surface area contributed by atoms with Crippen LogP contribution >= 0.6 is 24.0 Å². The average molecular weight is 498 g/mol. The minimum Gasteiger partial charge on any atom is -0.378 e. The molecule has 1 saturated heterocycles. The molecule has 3 rings (SSSR count).